The van der Waals surface area contributed by atoms with Gasteiger partial charge in [-0.05, 0) is 31.7 Å². The average molecular weight is 348 g/mol. The molecule has 0 aliphatic heterocycles. The summed E-state index contributed by atoms with van der Waals surface area (Å²) in [5.74, 6) is 0.481. The van der Waals surface area contributed by atoms with Gasteiger partial charge >= 0.3 is 0 Å². The number of pyridine rings is 2. The molecule has 0 saturated heterocycles. The van der Waals surface area contributed by atoms with Crippen LogP contribution in [0, 0.1) is 13.8 Å². The van der Waals surface area contributed by atoms with Gasteiger partial charge in [0, 0.05) is 18.0 Å². The van der Waals surface area contributed by atoms with Crippen molar-refractivity contribution in [3.05, 3.63) is 54.1 Å². The van der Waals surface area contributed by atoms with Crippen LogP contribution in [0.5, 0.6) is 11.5 Å². The van der Waals surface area contributed by atoms with Crippen molar-refractivity contribution in [1.82, 2.24) is 9.97 Å². The lowest BCUT2D eigenvalue weighted by atomic mass is 10.2. The van der Waals surface area contributed by atoms with Crippen LogP contribution in [0.2, 0.25) is 0 Å². The Labute approximate surface area is 144 Å². The quantitative estimate of drug-likeness (QED) is 0.770. The summed E-state index contributed by atoms with van der Waals surface area (Å²) in [7, 11) is 3.11. The fourth-order valence-corrected chi connectivity index (χ4v) is 3.20. The third kappa shape index (κ3) is 5.33. The molecule has 0 saturated carbocycles. The SMILES string of the molecule is C=Cc1cnc(C)c(O)c1.C=Cc1cnc(C)c(O)c1SSC. The Hall–Kier alpha value is -1.92. The van der Waals surface area contributed by atoms with Crippen LogP contribution in [0.3, 0.4) is 0 Å². The standard InChI is InChI=1S/C9H11NOS2.C8H9NO/c1-4-7-5-10-6(2)8(11)9(7)13-12-3;1-3-7-4-8(10)6(2)9-5-7/h4-5,11H,1H2,2-3H3;3-5,10H,1H2,2H3. The molecule has 0 fully saturated rings. The zero-order valence-corrected chi connectivity index (χ0v) is 15.0. The fraction of sp³-hybridized carbons (Fsp3) is 0.176. The molecule has 0 aliphatic rings. The van der Waals surface area contributed by atoms with Crippen molar-refractivity contribution in [1.29, 1.82) is 0 Å². The van der Waals surface area contributed by atoms with Gasteiger partial charge in [-0.3, -0.25) is 9.97 Å². The molecule has 0 unspecified atom stereocenters. The van der Waals surface area contributed by atoms with Crippen LogP contribution in [0.15, 0.2) is 36.5 Å². The van der Waals surface area contributed by atoms with Gasteiger partial charge in [0.1, 0.15) is 5.75 Å². The molecule has 0 amide bonds. The van der Waals surface area contributed by atoms with Gasteiger partial charge in [-0.25, -0.2) is 0 Å². The van der Waals surface area contributed by atoms with Gasteiger partial charge in [-0.15, -0.1) is 0 Å². The second kappa shape index (κ2) is 9.27. The van der Waals surface area contributed by atoms with E-state index in [1.54, 1.807) is 55.3 Å². The normalized spacial score (nSPS) is 9.70. The molecular formula is C17H20N2O2S2. The summed E-state index contributed by atoms with van der Waals surface area (Å²) in [6.45, 7) is 10.8. The number of aryl methyl sites for hydroxylation is 2. The summed E-state index contributed by atoms with van der Waals surface area (Å²) >= 11 is 0. The molecule has 2 rings (SSSR count). The van der Waals surface area contributed by atoms with Gasteiger partial charge in [0.2, 0.25) is 0 Å². The summed E-state index contributed by atoms with van der Waals surface area (Å²) in [6.07, 6.45) is 8.70. The van der Waals surface area contributed by atoms with Crippen molar-refractivity contribution in [2.45, 2.75) is 18.7 Å². The summed E-state index contributed by atoms with van der Waals surface area (Å²) in [4.78, 5) is 8.82. The van der Waals surface area contributed by atoms with Crippen LogP contribution in [-0.4, -0.2) is 26.4 Å². The highest BCUT2D eigenvalue weighted by atomic mass is 33.1. The predicted octanol–water partition coefficient (Wildman–Crippen LogP) is 4.85. The second-order valence-corrected chi connectivity index (χ2v) is 6.92. The maximum atomic E-state index is 9.70. The second-order valence-electron chi connectivity index (χ2n) is 4.51. The van der Waals surface area contributed by atoms with Crippen LogP contribution in [0.1, 0.15) is 22.5 Å². The zero-order valence-electron chi connectivity index (χ0n) is 13.4. The number of aromatic nitrogens is 2. The summed E-state index contributed by atoms with van der Waals surface area (Å²) in [5.41, 5.74) is 3.01. The van der Waals surface area contributed by atoms with E-state index >= 15 is 0 Å². The van der Waals surface area contributed by atoms with Crippen molar-refractivity contribution in [2.24, 2.45) is 0 Å². The first-order valence-corrected chi connectivity index (χ1v) is 9.30. The van der Waals surface area contributed by atoms with E-state index in [0.29, 0.717) is 11.4 Å². The predicted molar refractivity (Wildman–Crippen MR) is 101 cm³/mol. The Morgan fingerprint density at radius 1 is 1.04 bits per heavy atom. The zero-order chi connectivity index (χ0) is 17.4. The minimum Gasteiger partial charge on any atom is -0.506 e. The maximum absolute atomic E-state index is 9.70. The molecule has 4 nitrogen and oxygen atoms in total. The number of aromatic hydroxyl groups is 2. The van der Waals surface area contributed by atoms with Crippen LogP contribution in [0.25, 0.3) is 12.2 Å². The van der Waals surface area contributed by atoms with E-state index in [2.05, 4.69) is 23.1 Å². The van der Waals surface area contributed by atoms with Gasteiger partial charge in [-0.2, -0.15) is 0 Å². The first kappa shape index (κ1) is 19.1. The molecule has 122 valence electrons. The molecule has 0 spiro atoms. The summed E-state index contributed by atoms with van der Waals surface area (Å²) < 4.78 is 0. The van der Waals surface area contributed by atoms with E-state index in [1.807, 2.05) is 6.26 Å². The van der Waals surface area contributed by atoms with Crippen molar-refractivity contribution in [3.8, 4) is 11.5 Å². The summed E-state index contributed by atoms with van der Waals surface area (Å²) in [5, 5.41) is 18.8. The minimum atomic E-state index is 0.220. The molecule has 6 heteroatoms. The lowest BCUT2D eigenvalue weighted by molar-refractivity contribution is 0.454. The fourth-order valence-electron chi connectivity index (χ4n) is 1.55. The highest BCUT2D eigenvalue weighted by molar-refractivity contribution is 8.76. The van der Waals surface area contributed by atoms with Gasteiger partial charge < -0.3 is 10.2 Å². The van der Waals surface area contributed by atoms with Crippen molar-refractivity contribution >= 4 is 33.7 Å². The Balaban J connectivity index is 0.000000238. The first-order chi connectivity index (χ1) is 10.9. The molecule has 0 aromatic carbocycles. The van der Waals surface area contributed by atoms with Gasteiger partial charge in [0.05, 0.1) is 16.3 Å². The van der Waals surface area contributed by atoms with E-state index in [-0.39, 0.29) is 11.5 Å². The van der Waals surface area contributed by atoms with Gasteiger partial charge in [0.15, 0.2) is 5.75 Å². The van der Waals surface area contributed by atoms with Crippen LogP contribution < -0.4 is 0 Å². The molecule has 0 bridgehead atoms. The molecule has 0 atom stereocenters. The number of rotatable bonds is 4. The van der Waals surface area contributed by atoms with E-state index in [4.69, 9.17) is 5.11 Å². The van der Waals surface area contributed by atoms with E-state index < -0.39 is 0 Å². The van der Waals surface area contributed by atoms with E-state index in [9.17, 15) is 5.11 Å². The van der Waals surface area contributed by atoms with Crippen LogP contribution >= 0.6 is 21.6 Å². The van der Waals surface area contributed by atoms with Gasteiger partial charge in [0.25, 0.3) is 0 Å². The third-order valence-corrected chi connectivity index (χ3v) is 4.68. The Bertz CT molecular complexity index is 703. The Morgan fingerprint density at radius 3 is 2.22 bits per heavy atom. The highest BCUT2D eigenvalue weighted by Crippen LogP contribution is 2.39. The monoisotopic (exact) mass is 348 g/mol. The number of hydrogen-bond acceptors (Lipinski definition) is 6. The molecule has 2 heterocycles. The third-order valence-electron chi connectivity index (χ3n) is 2.92. The lowest BCUT2D eigenvalue weighted by Gasteiger charge is -2.07. The van der Waals surface area contributed by atoms with Crippen LogP contribution in [0.4, 0.5) is 0 Å². The maximum Gasteiger partial charge on any atom is 0.151 e. The average Bonchev–Trinajstić information content (AvgIpc) is 2.55. The number of hydrogen-bond donors (Lipinski definition) is 2. The molecule has 0 aliphatic carbocycles. The topological polar surface area (TPSA) is 66.2 Å². The number of nitrogens with zero attached hydrogens (tertiary/aromatic N) is 2. The molecule has 2 aromatic rings. The minimum absolute atomic E-state index is 0.220. The summed E-state index contributed by atoms with van der Waals surface area (Å²) in [6, 6.07) is 1.63. The largest absolute Gasteiger partial charge is 0.506 e. The molecular weight excluding hydrogens is 328 g/mol. The van der Waals surface area contributed by atoms with Crippen LogP contribution in [-0.2, 0) is 0 Å². The van der Waals surface area contributed by atoms with Gasteiger partial charge in [-0.1, -0.05) is 46.9 Å². The van der Waals surface area contributed by atoms with E-state index in [1.165, 1.54) is 10.8 Å². The molecule has 2 aromatic heterocycles. The lowest BCUT2D eigenvalue weighted by Crippen LogP contribution is -1.87. The molecule has 23 heavy (non-hydrogen) atoms. The molecule has 0 radical (unpaired) electrons. The Kier molecular flexibility index (Phi) is 7.71. The van der Waals surface area contributed by atoms with Crippen molar-refractivity contribution < 1.29 is 10.2 Å². The van der Waals surface area contributed by atoms with E-state index in [0.717, 1.165) is 16.0 Å². The Morgan fingerprint density at radius 2 is 1.70 bits per heavy atom. The first-order valence-electron chi connectivity index (χ1n) is 6.74. The molecule has 2 N–H and O–H groups in total. The highest BCUT2D eigenvalue weighted by Gasteiger charge is 2.09. The van der Waals surface area contributed by atoms with Crippen molar-refractivity contribution in [2.75, 3.05) is 6.26 Å². The van der Waals surface area contributed by atoms with Crippen molar-refractivity contribution in [3.63, 3.8) is 0 Å². The smallest absolute Gasteiger partial charge is 0.151 e.